The highest BCUT2D eigenvalue weighted by Gasteiger charge is 2.17. The molecule has 0 amide bonds. The molecule has 2 heterocycles. The number of unbranched alkanes of at least 4 members (excludes halogenated alkanes) is 2. The summed E-state index contributed by atoms with van der Waals surface area (Å²) in [5.74, 6) is -0.729. The quantitative estimate of drug-likeness (QED) is 0.118. The molecule has 6 rings (SSSR count). The van der Waals surface area contributed by atoms with Crippen LogP contribution >= 0.6 is 0 Å². The molecule has 0 aliphatic carbocycles. The Morgan fingerprint density at radius 2 is 1.33 bits per heavy atom. The number of rotatable bonds is 12. The Bertz CT molecular complexity index is 1790. The largest absolute Gasteiger partial charge is 0.481 e. The zero-order valence-electron chi connectivity index (χ0n) is 24.7. The second-order valence-corrected chi connectivity index (χ2v) is 11.1. The van der Waals surface area contributed by atoms with Crippen molar-refractivity contribution in [3.8, 4) is 11.1 Å². The van der Waals surface area contributed by atoms with Crippen LogP contribution in [0.2, 0.25) is 0 Å². The Labute approximate surface area is 253 Å². The van der Waals surface area contributed by atoms with Crippen molar-refractivity contribution in [2.75, 3.05) is 4.90 Å². The lowest BCUT2D eigenvalue weighted by Gasteiger charge is -2.25. The van der Waals surface area contributed by atoms with Gasteiger partial charge in [0.25, 0.3) is 0 Å². The minimum Gasteiger partial charge on any atom is -0.481 e. The fourth-order valence-corrected chi connectivity index (χ4v) is 5.93. The van der Waals surface area contributed by atoms with Gasteiger partial charge in [0.05, 0.1) is 5.52 Å². The summed E-state index contributed by atoms with van der Waals surface area (Å²) in [5.41, 5.74) is 8.29. The predicted molar refractivity (Wildman–Crippen MR) is 176 cm³/mol. The molecule has 0 saturated carbocycles. The number of carbonyl (C=O) groups is 1. The fraction of sp³-hybridized carbons (Fsp3) is 0.211. The van der Waals surface area contributed by atoms with Gasteiger partial charge in [-0.2, -0.15) is 0 Å². The molecular weight excluding hydrogens is 530 g/mol. The van der Waals surface area contributed by atoms with Gasteiger partial charge in [0, 0.05) is 64.9 Å². The van der Waals surface area contributed by atoms with Crippen LogP contribution in [0, 0.1) is 0 Å². The van der Waals surface area contributed by atoms with Crippen molar-refractivity contribution in [2.45, 2.75) is 52.1 Å². The number of aryl methyl sites for hydroxylation is 2. The summed E-state index contributed by atoms with van der Waals surface area (Å²) in [6.07, 6.45) is 8.21. The predicted octanol–water partition coefficient (Wildman–Crippen LogP) is 9.27. The van der Waals surface area contributed by atoms with Crippen molar-refractivity contribution in [1.29, 1.82) is 0 Å². The van der Waals surface area contributed by atoms with E-state index in [9.17, 15) is 4.79 Å². The molecule has 0 radical (unpaired) electrons. The van der Waals surface area contributed by atoms with E-state index in [1.807, 2.05) is 0 Å². The molecule has 4 aromatic carbocycles. The normalized spacial score (nSPS) is 11.3. The minimum atomic E-state index is -0.729. The van der Waals surface area contributed by atoms with Gasteiger partial charge in [-0.25, -0.2) is 4.57 Å². The third kappa shape index (κ3) is 6.17. The van der Waals surface area contributed by atoms with E-state index in [1.165, 1.54) is 32.9 Å². The van der Waals surface area contributed by atoms with E-state index >= 15 is 0 Å². The molecular formula is C38H38N3O2+. The van der Waals surface area contributed by atoms with Gasteiger partial charge >= 0.3 is 5.97 Å². The van der Waals surface area contributed by atoms with Gasteiger partial charge in [0.2, 0.25) is 0 Å². The van der Waals surface area contributed by atoms with Gasteiger partial charge in [0.1, 0.15) is 6.54 Å². The van der Waals surface area contributed by atoms with Gasteiger partial charge < -0.3 is 14.6 Å². The van der Waals surface area contributed by atoms with E-state index in [1.54, 1.807) is 0 Å². The molecule has 1 N–H and O–H groups in total. The molecule has 5 nitrogen and oxygen atoms in total. The number of aromatic nitrogens is 2. The summed E-state index contributed by atoms with van der Waals surface area (Å²) < 4.78 is 4.63. The molecule has 6 aromatic rings. The first-order valence-corrected chi connectivity index (χ1v) is 15.3. The highest BCUT2D eigenvalue weighted by Crippen LogP contribution is 2.39. The summed E-state index contributed by atoms with van der Waals surface area (Å²) >= 11 is 0. The molecule has 43 heavy (non-hydrogen) atoms. The molecule has 5 heteroatoms. The lowest BCUT2D eigenvalue weighted by Crippen LogP contribution is -2.32. The molecule has 2 aromatic heterocycles. The SMILES string of the molecule is CCCCn1c2cc(-c3cc[n+](CCCCC(=O)O)cc3)ccc2c2ccc(N(c3ccccc3)c3ccccc3)cc21. The smallest absolute Gasteiger partial charge is 0.303 e. The topological polar surface area (TPSA) is 49.4 Å². The maximum absolute atomic E-state index is 10.8. The maximum Gasteiger partial charge on any atom is 0.303 e. The molecule has 0 aliphatic rings. The highest BCUT2D eigenvalue weighted by atomic mass is 16.4. The van der Waals surface area contributed by atoms with Crippen molar-refractivity contribution in [3.63, 3.8) is 0 Å². The van der Waals surface area contributed by atoms with E-state index in [2.05, 4.69) is 143 Å². The number of aliphatic carboxylic acids is 1. The van der Waals surface area contributed by atoms with Gasteiger partial charge in [-0.15, -0.1) is 0 Å². The Morgan fingerprint density at radius 1 is 0.698 bits per heavy atom. The van der Waals surface area contributed by atoms with Crippen LogP contribution in [0.1, 0.15) is 39.0 Å². The van der Waals surface area contributed by atoms with Crippen LogP contribution in [0.4, 0.5) is 17.1 Å². The van der Waals surface area contributed by atoms with Crippen molar-refractivity contribution in [2.24, 2.45) is 0 Å². The molecule has 0 aliphatic heterocycles. The summed E-state index contributed by atoms with van der Waals surface area (Å²) in [4.78, 5) is 13.1. The van der Waals surface area contributed by atoms with E-state index < -0.39 is 5.97 Å². The summed E-state index contributed by atoms with van der Waals surface area (Å²) in [6.45, 7) is 4.03. The number of carboxylic acid groups (broad SMARTS) is 1. The highest BCUT2D eigenvalue weighted by molar-refractivity contribution is 6.10. The number of benzene rings is 4. The molecule has 0 saturated heterocycles. The molecule has 0 bridgehead atoms. The average molecular weight is 569 g/mol. The van der Waals surface area contributed by atoms with Gasteiger partial charge in [-0.3, -0.25) is 4.79 Å². The summed E-state index contributed by atoms with van der Waals surface area (Å²) in [5, 5.41) is 11.4. The van der Waals surface area contributed by atoms with Crippen LogP contribution in [-0.2, 0) is 17.9 Å². The number of anilines is 3. The van der Waals surface area contributed by atoms with E-state index in [0.717, 1.165) is 49.4 Å². The van der Waals surface area contributed by atoms with Gasteiger partial charge in [-0.05, 0) is 66.4 Å². The molecule has 0 spiro atoms. The Hall–Kier alpha value is -4.90. The number of hydrogen-bond donors (Lipinski definition) is 1. The van der Waals surface area contributed by atoms with Gasteiger partial charge in [-0.1, -0.05) is 67.9 Å². The van der Waals surface area contributed by atoms with Crippen LogP contribution in [-0.4, -0.2) is 15.6 Å². The number of carboxylic acids is 1. The number of hydrogen-bond acceptors (Lipinski definition) is 2. The second kappa shape index (κ2) is 13.0. The fourth-order valence-electron chi connectivity index (χ4n) is 5.93. The first-order valence-electron chi connectivity index (χ1n) is 15.3. The first-order chi connectivity index (χ1) is 21.1. The number of para-hydroxylation sites is 2. The Kier molecular flexibility index (Phi) is 8.50. The van der Waals surface area contributed by atoms with Gasteiger partial charge in [0.15, 0.2) is 12.4 Å². The Balaban J connectivity index is 1.39. The van der Waals surface area contributed by atoms with E-state index in [-0.39, 0.29) is 6.42 Å². The van der Waals surface area contributed by atoms with Crippen LogP contribution in [0.25, 0.3) is 32.9 Å². The van der Waals surface area contributed by atoms with E-state index in [0.29, 0.717) is 6.42 Å². The number of pyridine rings is 1. The minimum absolute atomic E-state index is 0.225. The van der Waals surface area contributed by atoms with Crippen LogP contribution < -0.4 is 9.47 Å². The Morgan fingerprint density at radius 3 is 1.95 bits per heavy atom. The average Bonchev–Trinajstić information content (AvgIpc) is 3.35. The van der Waals surface area contributed by atoms with Crippen molar-refractivity contribution < 1.29 is 14.5 Å². The lowest BCUT2D eigenvalue weighted by molar-refractivity contribution is -0.697. The zero-order valence-corrected chi connectivity index (χ0v) is 24.7. The van der Waals surface area contributed by atoms with E-state index in [4.69, 9.17) is 5.11 Å². The second-order valence-electron chi connectivity index (χ2n) is 11.1. The van der Waals surface area contributed by atoms with Crippen LogP contribution in [0.5, 0.6) is 0 Å². The number of fused-ring (bicyclic) bond motifs is 3. The standard InChI is InChI=1S/C38H37N3O2/c1-2-3-24-40-36-27-30(29-21-25-39(26-22-29)23-11-10-16-38(42)43)17-19-34(36)35-20-18-33(28-37(35)40)41(31-12-6-4-7-13-31)32-14-8-5-9-15-32/h4-9,12-15,17-22,25-28H,2-3,10-11,16,23-24H2,1H3/p+1. The molecule has 216 valence electrons. The summed E-state index contributed by atoms with van der Waals surface area (Å²) in [6, 6.07) is 39.2. The van der Waals surface area contributed by atoms with Crippen LogP contribution in [0.3, 0.4) is 0 Å². The lowest BCUT2D eigenvalue weighted by atomic mass is 10.0. The van der Waals surface area contributed by atoms with Crippen molar-refractivity contribution in [3.05, 3.63) is 122 Å². The molecule has 0 fully saturated rings. The first kappa shape index (κ1) is 28.2. The zero-order chi connectivity index (χ0) is 29.6. The third-order valence-corrected chi connectivity index (χ3v) is 8.15. The molecule has 0 atom stereocenters. The maximum atomic E-state index is 10.8. The third-order valence-electron chi connectivity index (χ3n) is 8.15. The molecule has 0 unspecified atom stereocenters. The summed E-state index contributed by atoms with van der Waals surface area (Å²) in [7, 11) is 0. The van der Waals surface area contributed by atoms with Crippen LogP contribution in [0.15, 0.2) is 122 Å². The van der Waals surface area contributed by atoms with Crippen molar-refractivity contribution >= 4 is 44.8 Å². The van der Waals surface area contributed by atoms with Crippen molar-refractivity contribution in [1.82, 2.24) is 4.57 Å². The monoisotopic (exact) mass is 568 g/mol. The number of nitrogens with zero attached hydrogens (tertiary/aromatic N) is 3.